The van der Waals surface area contributed by atoms with Crippen molar-refractivity contribution in [3.8, 4) is 0 Å². The lowest BCUT2D eigenvalue weighted by molar-refractivity contribution is 0.0736. The highest BCUT2D eigenvalue weighted by Gasteiger charge is 2.28. The van der Waals surface area contributed by atoms with E-state index in [-0.39, 0.29) is 29.1 Å². The predicted octanol–water partition coefficient (Wildman–Crippen LogP) is 3.84. The molecule has 1 unspecified atom stereocenters. The lowest BCUT2D eigenvalue weighted by atomic mass is 10.2. The zero-order chi connectivity index (χ0) is 24.1. The Morgan fingerprint density at radius 3 is 2.59 bits per heavy atom. The smallest absolute Gasteiger partial charge is 0.257 e. The summed E-state index contributed by atoms with van der Waals surface area (Å²) in [5, 5.41) is -0.0451. The largest absolute Gasteiger partial charge is 0.376 e. The fourth-order valence-electron chi connectivity index (χ4n) is 4.14. The van der Waals surface area contributed by atoms with Crippen LogP contribution in [0.4, 0.5) is 4.39 Å². The van der Waals surface area contributed by atoms with Crippen LogP contribution in [0.3, 0.4) is 0 Å². The first-order chi connectivity index (χ1) is 16.4. The summed E-state index contributed by atoms with van der Waals surface area (Å²) in [5.41, 5.74) is 1.21. The summed E-state index contributed by atoms with van der Waals surface area (Å²) in [6.45, 7) is 3.18. The van der Waals surface area contributed by atoms with Gasteiger partial charge >= 0.3 is 0 Å². The molecule has 180 valence electrons. The number of sulfone groups is 1. The minimum absolute atomic E-state index is 0.0218. The number of hydrogen-bond acceptors (Lipinski definition) is 5. The summed E-state index contributed by atoms with van der Waals surface area (Å²) in [5.74, 6) is -1.23. The Hall–Kier alpha value is -3.04. The predicted molar refractivity (Wildman–Crippen MR) is 125 cm³/mol. The lowest BCUT2D eigenvalue weighted by Crippen LogP contribution is -2.32. The Balaban J connectivity index is 1.65. The van der Waals surface area contributed by atoms with Crippen LogP contribution in [-0.2, 0) is 33.4 Å². The third-order valence-corrected chi connectivity index (χ3v) is 7.51. The fraction of sp³-hybridized carbons (Fsp3) is 0.360. The van der Waals surface area contributed by atoms with Gasteiger partial charge in [-0.2, -0.15) is 0 Å². The van der Waals surface area contributed by atoms with Crippen LogP contribution < -0.4 is 0 Å². The van der Waals surface area contributed by atoms with Crippen LogP contribution in [0.15, 0.2) is 66.0 Å². The first-order valence-electron chi connectivity index (χ1n) is 11.4. The van der Waals surface area contributed by atoms with E-state index in [9.17, 15) is 17.6 Å². The van der Waals surface area contributed by atoms with E-state index in [4.69, 9.17) is 4.74 Å². The van der Waals surface area contributed by atoms with Gasteiger partial charge in [0.25, 0.3) is 5.91 Å². The van der Waals surface area contributed by atoms with E-state index >= 15 is 0 Å². The maximum atomic E-state index is 14.2. The van der Waals surface area contributed by atoms with E-state index in [0.29, 0.717) is 31.0 Å². The van der Waals surface area contributed by atoms with E-state index in [2.05, 4.69) is 4.98 Å². The SMILES string of the molecule is CCN(Cc1cnc(S(=O)(=O)Cc2ccccc2)n1CC1CCCO1)C(=O)c1ccccc1F. The summed E-state index contributed by atoms with van der Waals surface area (Å²) in [6.07, 6.45) is 3.09. The summed E-state index contributed by atoms with van der Waals surface area (Å²) in [7, 11) is -3.75. The Bertz CT molecular complexity index is 1240. The fourth-order valence-corrected chi connectivity index (χ4v) is 5.64. The van der Waals surface area contributed by atoms with E-state index in [0.717, 1.165) is 12.8 Å². The molecule has 9 heteroatoms. The summed E-state index contributed by atoms with van der Waals surface area (Å²) in [6, 6.07) is 14.8. The first-order valence-corrected chi connectivity index (χ1v) is 13.0. The second-order valence-electron chi connectivity index (χ2n) is 8.32. The standard InChI is InChI=1S/C25H28FN3O4S/c1-2-28(24(30)22-12-6-7-13-23(22)26)16-20-15-27-25(29(20)17-21-11-8-14-33-21)34(31,32)18-19-9-4-3-5-10-19/h3-7,9-10,12-13,15,21H,2,8,11,14,16-18H2,1H3. The quantitative estimate of drug-likeness (QED) is 0.460. The zero-order valence-corrected chi connectivity index (χ0v) is 19.9. The molecule has 34 heavy (non-hydrogen) atoms. The molecule has 3 aromatic rings. The molecule has 0 N–H and O–H groups in total. The third kappa shape index (κ3) is 5.37. The Morgan fingerprint density at radius 2 is 1.91 bits per heavy atom. The molecule has 1 saturated heterocycles. The van der Waals surface area contributed by atoms with Crippen LogP contribution >= 0.6 is 0 Å². The van der Waals surface area contributed by atoms with Crippen molar-refractivity contribution in [3.63, 3.8) is 0 Å². The molecule has 2 heterocycles. The minimum atomic E-state index is -3.75. The van der Waals surface area contributed by atoms with Crippen molar-refractivity contribution in [1.29, 1.82) is 0 Å². The van der Waals surface area contributed by atoms with Crippen molar-refractivity contribution in [1.82, 2.24) is 14.5 Å². The summed E-state index contributed by atoms with van der Waals surface area (Å²) in [4.78, 5) is 18.8. The third-order valence-electron chi connectivity index (χ3n) is 5.92. The number of amides is 1. The number of carbonyl (C=O) groups excluding carboxylic acids is 1. The molecule has 1 aliphatic rings. The van der Waals surface area contributed by atoms with Crippen molar-refractivity contribution < 1.29 is 22.3 Å². The molecule has 2 aromatic carbocycles. The van der Waals surface area contributed by atoms with E-state index in [1.807, 2.05) is 6.07 Å². The number of carbonyl (C=O) groups is 1. The first kappa shape index (κ1) is 24.1. The molecule has 0 bridgehead atoms. The summed E-state index contributed by atoms with van der Waals surface area (Å²) >= 11 is 0. The average molecular weight is 486 g/mol. The highest BCUT2D eigenvalue weighted by molar-refractivity contribution is 7.90. The topological polar surface area (TPSA) is 81.5 Å². The van der Waals surface area contributed by atoms with Gasteiger partial charge in [-0.05, 0) is 37.5 Å². The molecule has 0 spiro atoms. The Labute approximate surface area is 199 Å². The molecular weight excluding hydrogens is 457 g/mol. The number of halogens is 1. The number of ether oxygens (including phenoxy) is 1. The number of imidazole rings is 1. The van der Waals surface area contributed by atoms with Gasteiger partial charge in [0, 0.05) is 13.2 Å². The maximum Gasteiger partial charge on any atom is 0.257 e. The van der Waals surface area contributed by atoms with Crippen LogP contribution in [0.1, 0.15) is 41.4 Å². The van der Waals surface area contributed by atoms with Gasteiger partial charge in [-0.1, -0.05) is 42.5 Å². The molecule has 0 saturated carbocycles. The van der Waals surface area contributed by atoms with E-state index < -0.39 is 21.6 Å². The van der Waals surface area contributed by atoms with Crippen LogP contribution in [0, 0.1) is 5.82 Å². The van der Waals surface area contributed by atoms with Crippen molar-refractivity contribution >= 4 is 15.7 Å². The van der Waals surface area contributed by atoms with E-state index in [1.165, 1.54) is 29.3 Å². The number of nitrogens with zero attached hydrogens (tertiary/aromatic N) is 3. The van der Waals surface area contributed by atoms with Crippen LogP contribution in [0.5, 0.6) is 0 Å². The molecule has 1 fully saturated rings. The number of hydrogen-bond donors (Lipinski definition) is 0. The number of rotatable bonds is 9. The van der Waals surface area contributed by atoms with Gasteiger partial charge in [-0.3, -0.25) is 4.79 Å². The van der Waals surface area contributed by atoms with E-state index in [1.54, 1.807) is 41.8 Å². The Morgan fingerprint density at radius 1 is 1.18 bits per heavy atom. The van der Waals surface area contributed by atoms with Gasteiger partial charge in [-0.15, -0.1) is 0 Å². The van der Waals surface area contributed by atoms with Crippen molar-refractivity contribution in [3.05, 3.63) is 83.4 Å². The number of aromatic nitrogens is 2. The molecule has 1 atom stereocenters. The van der Waals surface area contributed by atoms with Gasteiger partial charge in [0.1, 0.15) is 5.82 Å². The number of benzene rings is 2. The van der Waals surface area contributed by atoms with Crippen molar-refractivity contribution in [2.24, 2.45) is 0 Å². The molecule has 1 aliphatic heterocycles. The minimum Gasteiger partial charge on any atom is -0.376 e. The maximum absolute atomic E-state index is 14.2. The monoisotopic (exact) mass is 485 g/mol. The molecule has 7 nitrogen and oxygen atoms in total. The average Bonchev–Trinajstić information content (AvgIpc) is 3.48. The van der Waals surface area contributed by atoms with Crippen LogP contribution in [0.25, 0.3) is 0 Å². The molecule has 4 rings (SSSR count). The highest BCUT2D eigenvalue weighted by Crippen LogP contribution is 2.23. The second kappa shape index (κ2) is 10.5. The van der Waals surface area contributed by atoms with Crippen LogP contribution in [0.2, 0.25) is 0 Å². The zero-order valence-electron chi connectivity index (χ0n) is 19.1. The van der Waals surface area contributed by atoms with Gasteiger partial charge in [0.2, 0.25) is 15.0 Å². The molecule has 1 aromatic heterocycles. The molecule has 1 amide bonds. The highest BCUT2D eigenvalue weighted by atomic mass is 32.2. The second-order valence-corrected chi connectivity index (χ2v) is 10.2. The van der Waals surface area contributed by atoms with Gasteiger partial charge in [-0.25, -0.2) is 17.8 Å². The summed E-state index contributed by atoms with van der Waals surface area (Å²) < 4.78 is 48.3. The van der Waals surface area contributed by atoms with Gasteiger partial charge in [0.15, 0.2) is 0 Å². The lowest BCUT2D eigenvalue weighted by Gasteiger charge is -2.23. The van der Waals surface area contributed by atoms with Crippen molar-refractivity contribution in [2.75, 3.05) is 13.2 Å². The molecular formula is C25H28FN3O4S. The Kier molecular flexibility index (Phi) is 7.43. The molecule has 0 radical (unpaired) electrons. The normalized spacial score (nSPS) is 16.0. The van der Waals surface area contributed by atoms with Gasteiger partial charge in [0.05, 0.1) is 42.4 Å². The molecule has 0 aliphatic carbocycles. The van der Waals surface area contributed by atoms with Crippen LogP contribution in [-0.4, -0.2) is 48.0 Å². The van der Waals surface area contributed by atoms with Crippen molar-refractivity contribution in [2.45, 2.75) is 49.9 Å². The van der Waals surface area contributed by atoms with Gasteiger partial charge < -0.3 is 14.2 Å².